The smallest absolute Gasteiger partial charge is 0.311 e. The Morgan fingerprint density at radius 1 is 1.15 bits per heavy atom. The second kappa shape index (κ2) is 9.73. The van der Waals surface area contributed by atoms with Crippen LogP contribution in [0.15, 0.2) is 12.2 Å². The van der Waals surface area contributed by atoms with E-state index in [4.69, 9.17) is 18.9 Å². The van der Waals surface area contributed by atoms with Gasteiger partial charge in [0.05, 0.1) is 18.1 Å². The molecule has 0 amide bonds. The molecule has 0 aromatic carbocycles. The SMILES string of the molecule is COCO[C@H]1[C@@H](COC(=O)C(C)(C)C)CC(OC(C)=O)C2[C@H]1C=C[C@@H]1C(C)(C)C(=O)CC[C@]21C. The van der Waals surface area contributed by atoms with Crippen molar-refractivity contribution in [3.05, 3.63) is 12.2 Å². The number of ketones is 1. The summed E-state index contributed by atoms with van der Waals surface area (Å²) in [4.78, 5) is 37.5. The van der Waals surface area contributed by atoms with Gasteiger partial charge in [0.1, 0.15) is 18.7 Å². The highest BCUT2D eigenvalue weighted by Crippen LogP contribution is 2.61. The van der Waals surface area contributed by atoms with Gasteiger partial charge in [-0.2, -0.15) is 0 Å². The van der Waals surface area contributed by atoms with Crippen LogP contribution in [0.4, 0.5) is 0 Å². The Bertz CT molecular complexity index is 823. The van der Waals surface area contributed by atoms with Gasteiger partial charge in [0.2, 0.25) is 0 Å². The van der Waals surface area contributed by atoms with Crippen molar-refractivity contribution >= 4 is 17.7 Å². The third kappa shape index (κ3) is 4.97. The van der Waals surface area contributed by atoms with Gasteiger partial charge in [0.15, 0.2) is 0 Å². The Hall–Kier alpha value is -1.73. The molecule has 3 rings (SSSR count). The number of fused-ring (bicyclic) bond motifs is 3. The fourth-order valence-electron chi connectivity index (χ4n) is 6.66. The second-order valence-corrected chi connectivity index (χ2v) is 12.1. The van der Waals surface area contributed by atoms with E-state index in [0.29, 0.717) is 12.8 Å². The van der Waals surface area contributed by atoms with Crippen LogP contribution in [-0.2, 0) is 33.3 Å². The molecule has 0 radical (unpaired) electrons. The zero-order chi connectivity index (χ0) is 25.5. The molecule has 7 nitrogen and oxygen atoms in total. The molecule has 7 atom stereocenters. The van der Waals surface area contributed by atoms with Crippen molar-refractivity contribution in [3.63, 3.8) is 0 Å². The summed E-state index contributed by atoms with van der Waals surface area (Å²) >= 11 is 0. The highest BCUT2D eigenvalue weighted by atomic mass is 16.7. The van der Waals surface area contributed by atoms with Crippen molar-refractivity contribution in [2.45, 2.75) is 79.9 Å². The number of Topliss-reactive ketones (excluding diaryl/α,β-unsaturated/α-hetero) is 1. The summed E-state index contributed by atoms with van der Waals surface area (Å²) in [7, 11) is 1.58. The van der Waals surface area contributed by atoms with Gasteiger partial charge >= 0.3 is 11.9 Å². The first-order chi connectivity index (χ1) is 15.7. The molecule has 0 spiro atoms. The van der Waals surface area contributed by atoms with E-state index < -0.39 is 10.8 Å². The van der Waals surface area contributed by atoms with Crippen molar-refractivity contribution in [1.29, 1.82) is 0 Å². The topological polar surface area (TPSA) is 88.1 Å². The number of carbonyl (C=O) groups excluding carboxylic acids is 3. The number of esters is 2. The minimum absolute atomic E-state index is 0.0183. The highest BCUT2D eigenvalue weighted by molar-refractivity contribution is 5.86. The lowest BCUT2D eigenvalue weighted by Crippen LogP contribution is -2.61. The van der Waals surface area contributed by atoms with E-state index in [1.807, 2.05) is 34.6 Å². The molecule has 34 heavy (non-hydrogen) atoms. The van der Waals surface area contributed by atoms with Crippen LogP contribution in [-0.4, -0.2) is 50.4 Å². The van der Waals surface area contributed by atoms with Crippen molar-refractivity contribution in [3.8, 4) is 0 Å². The predicted octanol–water partition coefficient (Wildman–Crippen LogP) is 4.33. The first-order valence-corrected chi connectivity index (χ1v) is 12.4. The molecule has 2 unspecified atom stereocenters. The molecule has 0 bridgehead atoms. The van der Waals surface area contributed by atoms with Crippen LogP contribution in [0.5, 0.6) is 0 Å². The Morgan fingerprint density at radius 2 is 1.82 bits per heavy atom. The average Bonchev–Trinajstić information content (AvgIpc) is 2.72. The molecule has 3 aliphatic rings. The van der Waals surface area contributed by atoms with Crippen LogP contribution in [0.2, 0.25) is 0 Å². The standard InChI is InChI=1S/C27H42O7/c1-16(28)34-19-13-17(14-32-24(30)25(2,3)4)23(33-15-31-8)18-9-10-20-26(5,6)21(29)11-12-27(20,7)22(18)19/h9-10,17-20,22-23H,11-15H2,1-8H3/t17-,18-,19?,20-,22?,23+,27+/m1/s1. The maximum Gasteiger partial charge on any atom is 0.311 e. The summed E-state index contributed by atoms with van der Waals surface area (Å²) in [5.41, 5.74) is -1.34. The van der Waals surface area contributed by atoms with Crippen LogP contribution in [0, 0.1) is 39.9 Å². The predicted molar refractivity (Wildman–Crippen MR) is 127 cm³/mol. The van der Waals surface area contributed by atoms with E-state index in [1.54, 1.807) is 7.11 Å². The molecule has 0 aliphatic heterocycles. The Kier molecular flexibility index (Phi) is 7.69. The number of allylic oxidation sites excluding steroid dienone is 1. The maximum atomic E-state index is 12.8. The normalized spacial score (nSPS) is 36.9. The van der Waals surface area contributed by atoms with Gasteiger partial charge in [0, 0.05) is 43.6 Å². The molecule has 192 valence electrons. The summed E-state index contributed by atoms with van der Waals surface area (Å²) in [6.07, 6.45) is 5.48. The fourth-order valence-corrected chi connectivity index (χ4v) is 6.66. The minimum atomic E-state index is -0.610. The lowest BCUT2D eigenvalue weighted by Gasteiger charge is -2.60. The van der Waals surface area contributed by atoms with Crippen LogP contribution in [0.1, 0.15) is 67.7 Å². The third-order valence-electron chi connectivity index (χ3n) is 8.32. The van der Waals surface area contributed by atoms with Crippen molar-refractivity contribution in [2.75, 3.05) is 20.5 Å². The molecule has 7 heteroatoms. The third-order valence-corrected chi connectivity index (χ3v) is 8.32. The molecule has 2 fully saturated rings. The van der Waals surface area contributed by atoms with Gasteiger partial charge < -0.3 is 18.9 Å². The first kappa shape index (κ1) is 26.9. The Labute approximate surface area is 203 Å². The minimum Gasteiger partial charge on any atom is -0.465 e. The summed E-state index contributed by atoms with van der Waals surface area (Å²) in [6.45, 7) is 13.5. The summed E-state index contributed by atoms with van der Waals surface area (Å²) in [6, 6.07) is 0. The summed E-state index contributed by atoms with van der Waals surface area (Å²) in [5.74, 6) is -0.521. The van der Waals surface area contributed by atoms with E-state index in [9.17, 15) is 14.4 Å². The van der Waals surface area contributed by atoms with Gasteiger partial charge in [0.25, 0.3) is 0 Å². The summed E-state index contributed by atoms with van der Waals surface area (Å²) < 4.78 is 23.1. The van der Waals surface area contributed by atoms with Gasteiger partial charge in [-0.1, -0.05) is 32.9 Å². The lowest BCUT2D eigenvalue weighted by molar-refractivity contribution is -0.206. The van der Waals surface area contributed by atoms with E-state index in [2.05, 4.69) is 19.1 Å². The quantitative estimate of drug-likeness (QED) is 0.319. The number of hydrogen-bond donors (Lipinski definition) is 0. The Morgan fingerprint density at radius 3 is 2.41 bits per heavy atom. The van der Waals surface area contributed by atoms with Crippen LogP contribution in [0.25, 0.3) is 0 Å². The van der Waals surface area contributed by atoms with Gasteiger partial charge in [-0.25, -0.2) is 0 Å². The molecule has 2 saturated carbocycles. The van der Waals surface area contributed by atoms with Crippen LogP contribution in [0.3, 0.4) is 0 Å². The number of methoxy groups -OCH3 is 1. The lowest BCUT2D eigenvalue weighted by atomic mass is 9.45. The van der Waals surface area contributed by atoms with Gasteiger partial charge in [-0.05, 0) is 44.9 Å². The number of hydrogen-bond acceptors (Lipinski definition) is 7. The molecule has 0 N–H and O–H groups in total. The fraction of sp³-hybridized carbons (Fsp3) is 0.815. The first-order valence-electron chi connectivity index (χ1n) is 12.4. The molecular formula is C27H42O7. The van der Waals surface area contributed by atoms with Crippen LogP contribution < -0.4 is 0 Å². The number of rotatable bonds is 6. The van der Waals surface area contributed by atoms with E-state index >= 15 is 0 Å². The average molecular weight is 479 g/mol. The van der Waals surface area contributed by atoms with Gasteiger partial charge in [-0.3, -0.25) is 14.4 Å². The number of ether oxygens (including phenoxy) is 4. The number of carbonyl (C=O) groups is 3. The van der Waals surface area contributed by atoms with Crippen molar-refractivity contribution < 1.29 is 33.3 Å². The maximum absolute atomic E-state index is 12.8. The molecule has 0 saturated heterocycles. The zero-order valence-corrected chi connectivity index (χ0v) is 22.0. The molecule has 0 heterocycles. The molecule has 3 aliphatic carbocycles. The van der Waals surface area contributed by atoms with Crippen molar-refractivity contribution in [1.82, 2.24) is 0 Å². The summed E-state index contributed by atoms with van der Waals surface area (Å²) in [5, 5.41) is 0. The van der Waals surface area contributed by atoms with Gasteiger partial charge in [-0.15, -0.1) is 0 Å². The highest BCUT2D eigenvalue weighted by Gasteiger charge is 2.61. The molecule has 0 aromatic rings. The van der Waals surface area contributed by atoms with Crippen molar-refractivity contribution in [2.24, 2.45) is 39.9 Å². The zero-order valence-electron chi connectivity index (χ0n) is 22.0. The monoisotopic (exact) mass is 478 g/mol. The molecule has 0 aromatic heterocycles. The molecular weight excluding hydrogens is 436 g/mol. The van der Waals surface area contributed by atoms with Crippen LogP contribution >= 0.6 is 0 Å². The van der Waals surface area contributed by atoms with E-state index in [0.717, 1.165) is 6.42 Å². The largest absolute Gasteiger partial charge is 0.465 e. The van der Waals surface area contributed by atoms with E-state index in [-0.39, 0.29) is 72.4 Å². The van der Waals surface area contributed by atoms with E-state index in [1.165, 1.54) is 6.92 Å². The second-order valence-electron chi connectivity index (χ2n) is 12.1. The Balaban J connectivity index is 2.00.